The predicted molar refractivity (Wildman–Crippen MR) is 50.7 cm³/mol. The molecule has 0 bridgehead atoms. The Morgan fingerprint density at radius 1 is 1.54 bits per heavy atom. The van der Waals surface area contributed by atoms with E-state index >= 15 is 0 Å². The molecule has 70 valence electrons. The predicted octanol–water partition coefficient (Wildman–Crippen LogP) is 2.09. The summed E-state index contributed by atoms with van der Waals surface area (Å²) in [6, 6.07) is 4.50. The fraction of sp³-hybridized carbons (Fsp3) is 0.300. The molecule has 2 nitrogen and oxygen atoms in total. The second-order valence-corrected chi connectivity index (χ2v) is 2.81. The van der Waals surface area contributed by atoms with Gasteiger partial charge in [0.25, 0.3) is 0 Å². The third kappa shape index (κ3) is 1.86. The summed E-state index contributed by atoms with van der Waals surface area (Å²) in [4.78, 5) is 12.3. The van der Waals surface area contributed by atoms with Gasteiger partial charge >= 0.3 is 0 Å². The molecular weight excluding hydrogens is 169 g/mol. The van der Waals surface area contributed by atoms with Crippen molar-refractivity contribution in [3.05, 3.63) is 29.6 Å². The van der Waals surface area contributed by atoms with Crippen LogP contribution in [0.1, 0.15) is 17.3 Å². The van der Waals surface area contributed by atoms with E-state index in [1.165, 1.54) is 12.1 Å². The van der Waals surface area contributed by atoms with Crippen LogP contribution in [-0.2, 0) is 0 Å². The van der Waals surface area contributed by atoms with Crippen LogP contribution in [0.2, 0.25) is 0 Å². The topological polar surface area (TPSA) is 20.3 Å². The van der Waals surface area contributed by atoms with Crippen LogP contribution in [0.15, 0.2) is 18.2 Å². The molecule has 0 atom stereocenters. The number of carbonyl (C=O) groups excluding carboxylic acids is 1. The second kappa shape index (κ2) is 4.03. The van der Waals surface area contributed by atoms with Crippen molar-refractivity contribution in [2.45, 2.75) is 6.92 Å². The lowest BCUT2D eigenvalue weighted by Crippen LogP contribution is -2.18. The van der Waals surface area contributed by atoms with E-state index in [4.69, 9.17) is 0 Å². The average Bonchev–Trinajstić information content (AvgIpc) is 2.16. The molecule has 1 aromatic rings. The van der Waals surface area contributed by atoms with Gasteiger partial charge in [0.05, 0.1) is 5.69 Å². The van der Waals surface area contributed by atoms with Crippen LogP contribution in [0, 0.1) is 5.82 Å². The van der Waals surface area contributed by atoms with E-state index in [0.717, 1.165) is 0 Å². The number of aldehydes is 1. The molecule has 0 heterocycles. The number of halogens is 1. The lowest BCUT2D eigenvalue weighted by Gasteiger charge is -2.18. The molecular formula is C10H12FNO. The molecule has 0 aliphatic heterocycles. The van der Waals surface area contributed by atoms with Crippen LogP contribution in [0.25, 0.3) is 0 Å². The molecule has 13 heavy (non-hydrogen) atoms. The molecule has 0 unspecified atom stereocenters. The Balaban J connectivity index is 3.22. The molecule has 0 saturated heterocycles. The Labute approximate surface area is 77.0 Å². The van der Waals surface area contributed by atoms with Crippen molar-refractivity contribution in [2.24, 2.45) is 0 Å². The lowest BCUT2D eigenvalue weighted by molar-refractivity contribution is 0.112. The van der Waals surface area contributed by atoms with Crippen LogP contribution in [0.3, 0.4) is 0 Å². The molecule has 1 aromatic carbocycles. The SMILES string of the molecule is CCN(C)c1c(F)cccc1C=O. The summed E-state index contributed by atoms with van der Waals surface area (Å²) >= 11 is 0. The zero-order chi connectivity index (χ0) is 9.84. The first kappa shape index (κ1) is 9.71. The zero-order valence-corrected chi connectivity index (χ0v) is 7.75. The normalized spacial score (nSPS) is 9.77. The number of carbonyl (C=O) groups is 1. The maximum atomic E-state index is 13.3. The van der Waals surface area contributed by atoms with Crippen LogP contribution in [-0.4, -0.2) is 19.9 Å². The van der Waals surface area contributed by atoms with Gasteiger partial charge in [0.2, 0.25) is 0 Å². The molecule has 3 heteroatoms. The van der Waals surface area contributed by atoms with E-state index in [1.54, 1.807) is 18.0 Å². The third-order valence-electron chi connectivity index (χ3n) is 2.00. The minimum Gasteiger partial charge on any atom is -0.372 e. The molecule has 1 rings (SSSR count). The fourth-order valence-corrected chi connectivity index (χ4v) is 1.19. The van der Waals surface area contributed by atoms with E-state index < -0.39 is 0 Å². The number of hydrogen-bond acceptors (Lipinski definition) is 2. The quantitative estimate of drug-likeness (QED) is 0.665. The highest BCUT2D eigenvalue weighted by molar-refractivity contribution is 5.84. The largest absolute Gasteiger partial charge is 0.372 e. The van der Waals surface area contributed by atoms with E-state index in [2.05, 4.69) is 0 Å². The number of para-hydroxylation sites is 1. The van der Waals surface area contributed by atoms with Crippen molar-refractivity contribution in [3.8, 4) is 0 Å². The van der Waals surface area contributed by atoms with Gasteiger partial charge in [0.1, 0.15) is 5.82 Å². The minimum atomic E-state index is -0.353. The lowest BCUT2D eigenvalue weighted by atomic mass is 10.1. The van der Waals surface area contributed by atoms with Gasteiger partial charge in [-0.05, 0) is 19.1 Å². The molecule has 0 amide bonds. The monoisotopic (exact) mass is 181 g/mol. The maximum absolute atomic E-state index is 13.3. The van der Waals surface area contributed by atoms with Gasteiger partial charge in [-0.1, -0.05) is 6.07 Å². The number of benzene rings is 1. The summed E-state index contributed by atoms with van der Waals surface area (Å²) in [7, 11) is 1.76. The Morgan fingerprint density at radius 2 is 2.23 bits per heavy atom. The van der Waals surface area contributed by atoms with E-state index in [0.29, 0.717) is 24.1 Å². The van der Waals surface area contributed by atoms with Gasteiger partial charge < -0.3 is 4.90 Å². The van der Waals surface area contributed by atoms with Gasteiger partial charge in [0.15, 0.2) is 6.29 Å². The summed E-state index contributed by atoms with van der Waals surface area (Å²) in [5, 5.41) is 0. The van der Waals surface area contributed by atoms with Crippen molar-refractivity contribution < 1.29 is 9.18 Å². The van der Waals surface area contributed by atoms with Gasteiger partial charge in [-0.15, -0.1) is 0 Å². The van der Waals surface area contributed by atoms with Gasteiger partial charge in [-0.25, -0.2) is 4.39 Å². The summed E-state index contributed by atoms with van der Waals surface area (Å²) in [6.45, 7) is 2.57. The number of rotatable bonds is 3. The Morgan fingerprint density at radius 3 is 2.77 bits per heavy atom. The first-order chi connectivity index (χ1) is 6.20. The highest BCUT2D eigenvalue weighted by Gasteiger charge is 2.10. The van der Waals surface area contributed by atoms with Crippen molar-refractivity contribution in [1.29, 1.82) is 0 Å². The van der Waals surface area contributed by atoms with Crippen LogP contribution in [0.5, 0.6) is 0 Å². The Bertz CT molecular complexity index is 312. The van der Waals surface area contributed by atoms with Crippen molar-refractivity contribution >= 4 is 12.0 Å². The molecule has 0 radical (unpaired) electrons. The zero-order valence-electron chi connectivity index (χ0n) is 7.75. The summed E-state index contributed by atoms with van der Waals surface area (Å²) in [6.07, 6.45) is 0.671. The van der Waals surface area contributed by atoms with Crippen molar-refractivity contribution in [2.75, 3.05) is 18.5 Å². The molecule has 0 fully saturated rings. The van der Waals surface area contributed by atoms with E-state index in [-0.39, 0.29) is 5.82 Å². The highest BCUT2D eigenvalue weighted by atomic mass is 19.1. The third-order valence-corrected chi connectivity index (χ3v) is 2.00. The van der Waals surface area contributed by atoms with E-state index in [9.17, 15) is 9.18 Å². The molecule has 0 aliphatic rings. The molecule has 0 aromatic heterocycles. The molecule has 0 spiro atoms. The summed E-state index contributed by atoms with van der Waals surface area (Å²) in [5.74, 6) is -0.353. The number of hydrogen-bond donors (Lipinski definition) is 0. The maximum Gasteiger partial charge on any atom is 0.152 e. The van der Waals surface area contributed by atoms with Gasteiger partial charge in [0, 0.05) is 19.2 Å². The van der Waals surface area contributed by atoms with Crippen molar-refractivity contribution in [1.82, 2.24) is 0 Å². The van der Waals surface area contributed by atoms with Crippen LogP contribution < -0.4 is 4.90 Å². The highest BCUT2D eigenvalue weighted by Crippen LogP contribution is 2.21. The first-order valence-corrected chi connectivity index (χ1v) is 4.15. The second-order valence-electron chi connectivity index (χ2n) is 2.81. The summed E-state index contributed by atoms with van der Waals surface area (Å²) in [5.41, 5.74) is 0.768. The Hall–Kier alpha value is -1.38. The molecule has 0 saturated carbocycles. The average molecular weight is 181 g/mol. The minimum absolute atomic E-state index is 0.353. The van der Waals surface area contributed by atoms with E-state index in [1.807, 2.05) is 6.92 Å². The number of anilines is 1. The Kier molecular flexibility index (Phi) is 3.01. The summed E-state index contributed by atoms with van der Waals surface area (Å²) < 4.78 is 13.3. The molecule has 0 aliphatic carbocycles. The van der Waals surface area contributed by atoms with Crippen molar-refractivity contribution in [3.63, 3.8) is 0 Å². The first-order valence-electron chi connectivity index (χ1n) is 4.15. The van der Waals surface area contributed by atoms with Gasteiger partial charge in [-0.2, -0.15) is 0 Å². The fourth-order valence-electron chi connectivity index (χ4n) is 1.19. The standard InChI is InChI=1S/C10H12FNO/c1-3-12(2)10-8(7-13)5-4-6-9(10)11/h4-7H,3H2,1-2H3. The number of nitrogens with zero attached hydrogens (tertiary/aromatic N) is 1. The van der Waals surface area contributed by atoms with Crippen LogP contribution >= 0.6 is 0 Å². The van der Waals surface area contributed by atoms with Gasteiger partial charge in [-0.3, -0.25) is 4.79 Å². The van der Waals surface area contributed by atoms with Crippen LogP contribution in [0.4, 0.5) is 10.1 Å². The molecule has 0 N–H and O–H groups in total. The smallest absolute Gasteiger partial charge is 0.152 e.